The molecule has 1 aromatic carbocycles. The van der Waals surface area contributed by atoms with Crippen LogP contribution in [0.2, 0.25) is 0 Å². The zero-order valence-corrected chi connectivity index (χ0v) is 13.4. The molecule has 1 fully saturated rings. The van der Waals surface area contributed by atoms with Crippen LogP contribution in [0.4, 0.5) is 5.69 Å². The number of anilines is 1. The second-order valence-electron chi connectivity index (χ2n) is 5.93. The summed E-state index contributed by atoms with van der Waals surface area (Å²) in [5, 5.41) is 6.07. The minimum Gasteiger partial charge on any atom is -0.324 e. The molecule has 0 unspecified atom stereocenters. The van der Waals surface area contributed by atoms with Gasteiger partial charge in [0.15, 0.2) is 5.78 Å². The van der Waals surface area contributed by atoms with Crippen molar-refractivity contribution < 1.29 is 9.59 Å². The molecular weight excluding hydrogens is 278 g/mol. The van der Waals surface area contributed by atoms with Gasteiger partial charge in [-0.25, -0.2) is 0 Å². The van der Waals surface area contributed by atoms with E-state index in [1.54, 1.807) is 18.2 Å². The Morgan fingerprint density at radius 3 is 2.55 bits per heavy atom. The van der Waals surface area contributed by atoms with Gasteiger partial charge in [0.2, 0.25) is 5.91 Å². The maximum Gasteiger partial charge on any atom is 0.238 e. The van der Waals surface area contributed by atoms with Gasteiger partial charge in [-0.15, -0.1) is 0 Å². The van der Waals surface area contributed by atoms with Gasteiger partial charge in [0, 0.05) is 5.56 Å². The molecule has 5 nitrogen and oxygen atoms in total. The van der Waals surface area contributed by atoms with Crippen molar-refractivity contribution in [3.63, 3.8) is 0 Å². The number of carbonyl (C=O) groups is 2. The van der Waals surface area contributed by atoms with Crippen LogP contribution >= 0.6 is 0 Å². The van der Waals surface area contributed by atoms with Crippen molar-refractivity contribution in [1.29, 1.82) is 0 Å². The second kappa shape index (κ2) is 8.06. The molecule has 0 spiro atoms. The zero-order valence-electron chi connectivity index (χ0n) is 13.4. The molecular formula is C17H25N3O2. The van der Waals surface area contributed by atoms with E-state index in [4.69, 9.17) is 0 Å². The Bertz CT molecular complexity index is 522. The van der Waals surface area contributed by atoms with E-state index in [-0.39, 0.29) is 11.7 Å². The van der Waals surface area contributed by atoms with Crippen LogP contribution in [0.25, 0.3) is 0 Å². The van der Waals surface area contributed by atoms with Crippen molar-refractivity contribution in [2.75, 3.05) is 38.5 Å². The average molecular weight is 303 g/mol. The number of benzene rings is 1. The molecule has 0 saturated carbocycles. The molecule has 1 aliphatic rings. The largest absolute Gasteiger partial charge is 0.324 e. The third-order valence-electron chi connectivity index (χ3n) is 4.15. The van der Waals surface area contributed by atoms with Crippen molar-refractivity contribution in [1.82, 2.24) is 10.2 Å². The molecule has 0 bridgehead atoms. The lowest BCUT2D eigenvalue weighted by atomic mass is 9.97. The number of amides is 1. The van der Waals surface area contributed by atoms with Crippen LogP contribution in [0.5, 0.6) is 0 Å². The third-order valence-corrected chi connectivity index (χ3v) is 4.15. The van der Waals surface area contributed by atoms with Crippen molar-refractivity contribution >= 4 is 17.4 Å². The number of hydrogen-bond acceptors (Lipinski definition) is 4. The number of hydrogen-bond donors (Lipinski definition) is 2. The topological polar surface area (TPSA) is 61.4 Å². The average Bonchev–Trinajstić information content (AvgIpc) is 2.50. The Morgan fingerprint density at radius 1 is 1.23 bits per heavy atom. The van der Waals surface area contributed by atoms with Crippen molar-refractivity contribution in [2.45, 2.75) is 19.8 Å². The smallest absolute Gasteiger partial charge is 0.238 e. The van der Waals surface area contributed by atoms with Gasteiger partial charge in [0.1, 0.15) is 0 Å². The van der Waals surface area contributed by atoms with Crippen LogP contribution < -0.4 is 10.6 Å². The van der Waals surface area contributed by atoms with E-state index in [0.717, 1.165) is 32.5 Å². The Labute approximate surface area is 132 Å². The van der Waals surface area contributed by atoms with Crippen LogP contribution in [0.15, 0.2) is 24.3 Å². The van der Waals surface area contributed by atoms with Gasteiger partial charge in [0.25, 0.3) is 0 Å². The van der Waals surface area contributed by atoms with E-state index in [1.807, 2.05) is 13.1 Å². The highest BCUT2D eigenvalue weighted by atomic mass is 16.2. The molecule has 0 aliphatic carbocycles. The summed E-state index contributed by atoms with van der Waals surface area (Å²) < 4.78 is 0. The molecule has 1 aromatic rings. The van der Waals surface area contributed by atoms with Gasteiger partial charge in [-0.05, 0) is 64.5 Å². The van der Waals surface area contributed by atoms with Crippen LogP contribution in [0.1, 0.15) is 30.1 Å². The fourth-order valence-corrected chi connectivity index (χ4v) is 2.93. The number of likely N-dealkylation sites (tertiary alicyclic amines) is 1. The van der Waals surface area contributed by atoms with Gasteiger partial charge in [-0.1, -0.05) is 12.1 Å². The first-order chi connectivity index (χ1) is 10.6. The minimum absolute atomic E-state index is 0.0382. The summed E-state index contributed by atoms with van der Waals surface area (Å²) in [4.78, 5) is 25.9. The molecule has 120 valence electrons. The van der Waals surface area contributed by atoms with Crippen LogP contribution in [0, 0.1) is 5.92 Å². The summed E-state index contributed by atoms with van der Waals surface area (Å²) in [5.41, 5.74) is 1.16. The number of ketones is 1. The first-order valence-electron chi connectivity index (χ1n) is 7.87. The van der Waals surface area contributed by atoms with Gasteiger partial charge in [-0.3, -0.25) is 14.5 Å². The lowest BCUT2D eigenvalue weighted by Crippen LogP contribution is -2.41. The Balaban J connectivity index is 1.85. The normalized spacial score (nSPS) is 16.5. The van der Waals surface area contributed by atoms with E-state index in [9.17, 15) is 9.59 Å². The van der Waals surface area contributed by atoms with Gasteiger partial charge < -0.3 is 10.6 Å². The quantitative estimate of drug-likeness (QED) is 0.786. The summed E-state index contributed by atoms with van der Waals surface area (Å²) >= 11 is 0. The van der Waals surface area contributed by atoms with E-state index in [1.165, 1.54) is 6.92 Å². The molecule has 22 heavy (non-hydrogen) atoms. The second-order valence-corrected chi connectivity index (χ2v) is 5.93. The van der Waals surface area contributed by atoms with Crippen LogP contribution in [-0.4, -0.2) is 49.8 Å². The van der Waals surface area contributed by atoms with E-state index in [0.29, 0.717) is 23.7 Å². The highest BCUT2D eigenvalue weighted by molar-refractivity contribution is 6.04. The van der Waals surface area contributed by atoms with Crippen molar-refractivity contribution in [3.8, 4) is 0 Å². The van der Waals surface area contributed by atoms with Gasteiger partial charge >= 0.3 is 0 Å². The van der Waals surface area contributed by atoms with Crippen LogP contribution in [-0.2, 0) is 4.79 Å². The van der Waals surface area contributed by atoms with E-state index >= 15 is 0 Å². The number of Topliss-reactive ketones (excluding diaryl/α,β-unsaturated/α-hetero) is 1. The summed E-state index contributed by atoms with van der Waals surface area (Å²) in [6, 6.07) is 7.14. The predicted molar refractivity (Wildman–Crippen MR) is 88.2 cm³/mol. The SMILES string of the molecule is CNCC1CCN(CC(=O)Nc2ccccc2C(C)=O)CC1. The number of piperidine rings is 1. The fourth-order valence-electron chi connectivity index (χ4n) is 2.93. The van der Waals surface area contributed by atoms with Gasteiger partial charge in [-0.2, -0.15) is 0 Å². The Kier molecular flexibility index (Phi) is 6.10. The molecule has 0 radical (unpaired) electrons. The van der Waals surface area contributed by atoms with Crippen molar-refractivity contribution in [2.24, 2.45) is 5.92 Å². The number of nitrogens with zero attached hydrogens (tertiary/aromatic N) is 1. The lowest BCUT2D eigenvalue weighted by Gasteiger charge is -2.31. The van der Waals surface area contributed by atoms with Crippen LogP contribution in [0.3, 0.4) is 0 Å². The highest BCUT2D eigenvalue weighted by Crippen LogP contribution is 2.18. The first kappa shape index (κ1) is 16.6. The zero-order chi connectivity index (χ0) is 15.9. The monoisotopic (exact) mass is 303 g/mol. The number of nitrogens with one attached hydrogen (secondary N) is 2. The molecule has 5 heteroatoms. The maximum atomic E-state index is 12.2. The molecule has 2 rings (SSSR count). The summed E-state index contributed by atoms with van der Waals surface area (Å²) in [6.45, 7) is 4.85. The maximum absolute atomic E-state index is 12.2. The summed E-state index contributed by atoms with van der Waals surface area (Å²) in [5.74, 6) is 0.618. The van der Waals surface area contributed by atoms with Crippen molar-refractivity contribution in [3.05, 3.63) is 29.8 Å². The summed E-state index contributed by atoms with van der Waals surface area (Å²) in [7, 11) is 1.98. The molecule has 1 heterocycles. The molecule has 0 atom stereocenters. The Hall–Kier alpha value is -1.72. The number of rotatable bonds is 6. The molecule has 0 aromatic heterocycles. The third kappa shape index (κ3) is 4.64. The van der Waals surface area contributed by atoms with E-state index < -0.39 is 0 Å². The fraction of sp³-hybridized carbons (Fsp3) is 0.529. The number of carbonyl (C=O) groups excluding carboxylic acids is 2. The van der Waals surface area contributed by atoms with Gasteiger partial charge in [0.05, 0.1) is 12.2 Å². The Morgan fingerprint density at radius 2 is 1.91 bits per heavy atom. The molecule has 1 amide bonds. The first-order valence-corrected chi connectivity index (χ1v) is 7.87. The molecule has 1 aliphatic heterocycles. The van der Waals surface area contributed by atoms with E-state index in [2.05, 4.69) is 15.5 Å². The summed E-state index contributed by atoms with van der Waals surface area (Å²) in [6.07, 6.45) is 2.25. The molecule has 1 saturated heterocycles. The lowest BCUT2D eigenvalue weighted by molar-refractivity contribution is -0.117. The standard InChI is InChI=1S/C17H25N3O2/c1-13(21)15-5-3-4-6-16(15)19-17(22)12-20-9-7-14(8-10-20)11-18-2/h3-6,14,18H,7-12H2,1-2H3,(H,19,22). The molecule has 2 N–H and O–H groups in total. The highest BCUT2D eigenvalue weighted by Gasteiger charge is 2.20. The minimum atomic E-state index is -0.0548. The number of para-hydroxylation sites is 1. The predicted octanol–water partition coefficient (Wildman–Crippen LogP) is 1.76.